The first-order chi connectivity index (χ1) is 10.4. The van der Waals surface area contributed by atoms with Crippen LogP contribution in [0.25, 0.3) is 0 Å². The first-order valence-electron chi connectivity index (χ1n) is 7.56. The molecule has 5 nitrogen and oxygen atoms in total. The van der Waals surface area contributed by atoms with Crippen molar-refractivity contribution in [2.45, 2.75) is 53.0 Å². The predicted octanol–water partition coefficient (Wildman–Crippen LogP) is 4.08. The van der Waals surface area contributed by atoms with Gasteiger partial charge in [0.15, 0.2) is 5.76 Å². The maximum Gasteiger partial charge on any atom is 0.257 e. The van der Waals surface area contributed by atoms with Crippen LogP contribution in [-0.4, -0.2) is 16.0 Å². The van der Waals surface area contributed by atoms with Crippen molar-refractivity contribution >= 4 is 17.2 Å². The van der Waals surface area contributed by atoms with Crippen molar-refractivity contribution in [3.8, 4) is 0 Å². The van der Waals surface area contributed by atoms with Crippen molar-refractivity contribution < 1.29 is 9.32 Å². The number of aryl methyl sites for hydroxylation is 1. The van der Waals surface area contributed by atoms with E-state index in [-0.39, 0.29) is 17.9 Å². The van der Waals surface area contributed by atoms with E-state index in [0.29, 0.717) is 22.9 Å². The van der Waals surface area contributed by atoms with E-state index in [1.54, 1.807) is 24.5 Å². The second-order valence-electron chi connectivity index (χ2n) is 6.19. The van der Waals surface area contributed by atoms with Crippen molar-refractivity contribution in [2.24, 2.45) is 5.92 Å². The second-order valence-corrected chi connectivity index (χ2v) is 7.11. The summed E-state index contributed by atoms with van der Waals surface area (Å²) in [6.07, 6.45) is 2.62. The maximum absolute atomic E-state index is 12.7. The lowest BCUT2D eigenvalue weighted by Gasteiger charge is -2.18. The molecular weight excluding hydrogens is 298 g/mol. The molecule has 1 amide bonds. The van der Waals surface area contributed by atoms with Crippen molar-refractivity contribution in [3.63, 3.8) is 0 Å². The Labute approximate surface area is 135 Å². The Balaban J connectivity index is 2.23. The minimum atomic E-state index is -0.136. The molecule has 2 rings (SSSR count). The third-order valence-electron chi connectivity index (χ3n) is 3.40. The summed E-state index contributed by atoms with van der Waals surface area (Å²) in [4.78, 5) is 17.1. The van der Waals surface area contributed by atoms with E-state index >= 15 is 0 Å². The molecule has 0 saturated heterocycles. The quantitative estimate of drug-likeness (QED) is 0.870. The van der Waals surface area contributed by atoms with Crippen LogP contribution < -0.4 is 5.32 Å². The first-order valence-corrected chi connectivity index (χ1v) is 8.44. The molecule has 0 aliphatic carbocycles. The van der Waals surface area contributed by atoms with Crippen LogP contribution in [-0.2, 0) is 0 Å². The van der Waals surface area contributed by atoms with Gasteiger partial charge in [-0.05, 0) is 19.3 Å². The SMILES string of the molecule is Cc1noc(C(C)C)c1C(=O)NC(CC(C)C)c1nccs1. The second kappa shape index (κ2) is 7.05. The smallest absolute Gasteiger partial charge is 0.257 e. The summed E-state index contributed by atoms with van der Waals surface area (Å²) >= 11 is 1.56. The molecule has 0 saturated carbocycles. The summed E-state index contributed by atoms with van der Waals surface area (Å²) in [6, 6.07) is -0.0817. The van der Waals surface area contributed by atoms with Gasteiger partial charge in [-0.15, -0.1) is 11.3 Å². The highest BCUT2D eigenvalue weighted by Crippen LogP contribution is 2.26. The third kappa shape index (κ3) is 3.74. The summed E-state index contributed by atoms with van der Waals surface area (Å²) in [5.74, 6) is 1.08. The van der Waals surface area contributed by atoms with Crippen molar-refractivity contribution in [2.75, 3.05) is 0 Å². The molecule has 22 heavy (non-hydrogen) atoms. The molecule has 2 aromatic heterocycles. The van der Waals surface area contributed by atoms with Gasteiger partial charge in [0.2, 0.25) is 0 Å². The standard InChI is InChI=1S/C16H23N3O2S/c1-9(2)8-12(16-17-6-7-22-16)18-15(20)13-11(5)19-21-14(13)10(3)4/h6-7,9-10,12H,8H2,1-5H3,(H,18,20). The Morgan fingerprint density at radius 3 is 2.64 bits per heavy atom. The normalized spacial score (nSPS) is 12.9. The number of thiazole rings is 1. The van der Waals surface area contributed by atoms with Gasteiger partial charge in [-0.2, -0.15) is 0 Å². The molecule has 1 unspecified atom stereocenters. The van der Waals surface area contributed by atoms with Gasteiger partial charge < -0.3 is 9.84 Å². The van der Waals surface area contributed by atoms with Gasteiger partial charge in [0, 0.05) is 17.5 Å². The van der Waals surface area contributed by atoms with E-state index in [1.807, 2.05) is 19.2 Å². The lowest BCUT2D eigenvalue weighted by Crippen LogP contribution is -2.30. The highest BCUT2D eigenvalue weighted by Gasteiger charge is 2.26. The van der Waals surface area contributed by atoms with E-state index in [2.05, 4.69) is 29.3 Å². The van der Waals surface area contributed by atoms with Crippen molar-refractivity contribution in [1.29, 1.82) is 0 Å². The van der Waals surface area contributed by atoms with Crippen LogP contribution in [0.5, 0.6) is 0 Å². The fourth-order valence-electron chi connectivity index (χ4n) is 2.39. The van der Waals surface area contributed by atoms with Gasteiger partial charge in [0.1, 0.15) is 10.6 Å². The van der Waals surface area contributed by atoms with Crippen LogP contribution in [0.1, 0.15) is 72.9 Å². The Morgan fingerprint density at radius 2 is 2.09 bits per heavy atom. The van der Waals surface area contributed by atoms with E-state index in [4.69, 9.17) is 4.52 Å². The molecule has 1 N–H and O–H groups in total. The molecule has 0 aromatic carbocycles. The molecule has 2 aromatic rings. The Morgan fingerprint density at radius 1 is 1.36 bits per heavy atom. The van der Waals surface area contributed by atoms with Crippen LogP contribution in [0.2, 0.25) is 0 Å². The van der Waals surface area contributed by atoms with E-state index in [0.717, 1.165) is 11.4 Å². The number of hydrogen-bond acceptors (Lipinski definition) is 5. The molecule has 0 fully saturated rings. The molecule has 0 radical (unpaired) electrons. The molecule has 0 aliphatic rings. The van der Waals surface area contributed by atoms with Gasteiger partial charge in [0.25, 0.3) is 5.91 Å². The highest BCUT2D eigenvalue weighted by molar-refractivity contribution is 7.09. The summed E-state index contributed by atoms with van der Waals surface area (Å²) in [6.45, 7) is 10.0. The van der Waals surface area contributed by atoms with Crippen molar-refractivity contribution in [3.05, 3.63) is 33.6 Å². The average molecular weight is 321 g/mol. The van der Waals surface area contributed by atoms with Gasteiger partial charge in [-0.3, -0.25) is 4.79 Å². The maximum atomic E-state index is 12.7. The number of nitrogens with one attached hydrogen (secondary N) is 1. The molecule has 0 aliphatic heterocycles. The fraction of sp³-hybridized carbons (Fsp3) is 0.562. The molecule has 2 heterocycles. The zero-order chi connectivity index (χ0) is 16.3. The van der Waals surface area contributed by atoms with Crippen LogP contribution in [0.4, 0.5) is 0 Å². The predicted molar refractivity (Wildman–Crippen MR) is 87.1 cm³/mol. The number of aromatic nitrogens is 2. The molecule has 0 spiro atoms. The zero-order valence-corrected chi connectivity index (χ0v) is 14.5. The Bertz CT molecular complexity index is 617. The first kappa shape index (κ1) is 16.7. The minimum absolute atomic E-state index is 0.0817. The molecule has 120 valence electrons. The number of carbonyl (C=O) groups excluding carboxylic acids is 1. The minimum Gasteiger partial charge on any atom is -0.360 e. The van der Waals surface area contributed by atoms with Gasteiger partial charge >= 0.3 is 0 Å². The van der Waals surface area contributed by atoms with Crippen LogP contribution in [0.15, 0.2) is 16.1 Å². The highest BCUT2D eigenvalue weighted by atomic mass is 32.1. The van der Waals surface area contributed by atoms with Crippen LogP contribution >= 0.6 is 11.3 Å². The number of carbonyl (C=O) groups is 1. The monoisotopic (exact) mass is 321 g/mol. The summed E-state index contributed by atoms with van der Waals surface area (Å²) < 4.78 is 5.31. The summed E-state index contributed by atoms with van der Waals surface area (Å²) in [5.41, 5.74) is 1.18. The third-order valence-corrected chi connectivity index (χ3v) is 4.29. The Kier molecular flexibility index (Phi) is 5.34. The largest absolute Gasteiger partial charge is 0.360 e. The van der Waals surface area contributed by atoms with E-state index in [9.17, 15) is 4.79 Å². The Hall–Kier alpha value is -1.69. The molecular formula is C16H23N3O2S. The lowest BCUT2D eigenvalue weighted by molar-refractivity contribution is 0.0929. The lowest BCUT2D eigenvalue weighted by atomic mass is 10.0. The van der Waals surface area contributed by atoms with Crippen LogP contribution in [0.3, 0.4) is 0 Å². The average Bonchev–Trinajstić information content (AvgIpc) is 3.05. The zero-order valence-electron chi connectivity index (χ0n) is 13.7. The van der Waals surface area contributed by atoms with Gasteiger partial charge in [-0.25, -0.2) is 4.98 Å². The van der Waals surface area contributed by atoms with Crippen LogP contribution in [0, 0.1) is 12.8 Å². The van der Waals surface area contributed by atoms with E-state index < -0.39 is 0 Å². The topological polar surface area (TPSA) is 68.0 Å². The fourth-order valence-corrected chi connectivity index (χ4v) is 3.09. The molecule has 6 heteroatoms. The molecule has 0 bridgehead atoms. The van der Waals surface area contributed by atoms with Gasteiger partial charge in [-0.1, -0.05) is 32.9 Å². The number of nitrogens with zero attached hydrogens (tertiary/aromatic N) is 2. The number of rotatable bonds is 6. The van der Waals surface area contributed by atoms with E-state index in [1.165, 1.54) is 0 Å². The molecule has 1 atom stereocenters. The summed E-state index contributed by atoms with van der Waals surface area (Å²) in [5, 5.41) is 9.90. The van der Waals surface area contributed by atoms with Crippen molar-refractivity contribution in [1.82, 2.24) is 15.5 Å². The van der Waals surface area contributed by atoms with Gasteiger partial charge in [0.05, 0.1) is 11.7 Å². The number of amides is 1. The number of hydrogen-bond donors (Lipinski definition) is 1. The summed E-state index contributed by atoms with van der Waals surface area (Å²) in [7, 11) is 0.